The molecule has 0 spiro atoms. The van der Waals surface area contributed by atoms with E-state index in [-0.39, 0.29) is 11.3 Å². The van der Waals surface area contributed by atoms with Gasteiger partial charge in [0.15, 0.2) is 0 Å². The minimum absolute atomic E-state index is 0.00776. The van der Waals surface area contributed by atoms with Crippen molar-refractivity contribution in [3.8, 4) is 5.75 Å². The van der Waals surface area contributed by atoms with Crippen LogP contribution in [0.1, 0.15) is 41.6 Å². The first kappa shape index (κ1) is 24.4. The molecular formula is C26H37N5O3. The first-order chi connectivity index (χ1) is 16.4. The van der Waals surface area contributed by atoms with Crippen molar-refractivity contribution in [3.05, 3.63) is 47.4 Å². The Labute approximate surface area is 202 Å². The highest BCUT2D eigenvalue weighted by Gasteiger charge is 2.38. The van der Waals surface area contributed by atoms with Crippen LogP contribution in [-0.2, 0) is 10.2 Å². The summed E-state index contributed by atoms with van der Waals surface area (Å²) in [6.07, 6.45) is 1.86. The smallest absolute Gasteiger partial charge is 0.257 e. The average molecular weight is 468 g/mol. The third kappa shape index (κ3) is 5.67. The summed E-state index contributed by atoms with van der Waals surface area (Å²) in [4.78, 5) is 29.5. The number of nitrogens with zero attached hydrogens (tertiary/aromatic N) is 5. The van der Waals surface area contributed by atoms with Crippen LogP contribution in [0.25, 0.3) is 0 Å². The second kappa shape index (κ2) is 10.7. The van der Waals surface area contributed by atoms with E-state index in [4.69, 9.17) is 19.4 Å². The number of carbonyl (C=O) groups is 1. The maximum atomic E-state index is 13.6. The van der Waals surface area contributed by atoms with Gasteiger partial charge in [-0.2, -0.15) is 0 Å². The molecule has 2 aliphatic rings. The van der Waals surface area contributed by atoms with E-state index in [9.17, 15) is 4.79 Å². The van der Waals surface area contributed by atoms with Crippen molar-refractivity contribution >= 4 is 11.7 Å². The fraction of sp³-hybridized carbons (Fsp3) is 0.577. The minimum atomic E-state index is -0.295. The van der Waals surface area contributed by atoms with Crippen molar-refractivity contribution in [1.29, 1.82) is 0 Å². The molecule has 0 unspecified atom stereocenters. The minimum Gasteiger partial charge on any atom is -0.491 e. The molecule has 8 nitrogen and oxygen atoms in total. The molecule has 8 heteroatoms. The van der Waals surface area contributed by atoms with E-state index in [0.717, 1.165) is 69.6 Å². The second-order valence-corrected chi connectivity index (χ2v) is 9.78. The van der Waals surface area contributed by atoms with Gasteiger partial charge in [-0.05, 0) is 31.9 Å². The summed E-state index contributed by atoms with van der Waals surface area (Å²) >= 11 is 0. The van der Waals surface area contributed by atoms with E-state index in [1.165, 1.54) is 0 Å². The molecule has 1 aromatic carbocycles. The van der Waals surface area contributed by atoms with Gasteiger partial charge in [0.1, 0.15) is 24.0 Å². The van der Waals surface area contributed by atoms with E-state index in [0.29, 0.717) is 24.5 Å². The number of benzene rings is 1. The highest BCUT2D eigenvalue weighted by Crippen LogP contribution is 2.34. The molecule has 0 aliphatic carbocycles. The molecule has 1 amide bonds. The van der Waals surface area contributed by atoms with Gasteiger partial charge in [0.2, 0.25) is 0 Å². The van der Waals surface area contributed by atoms with E-state index in [2.05, 4.69) is 11.8 Å². The summed E-state index contributed by atoms with van der Waals surface area (Å²) in [5.74, 6) is 2.36. The first-order valence-electron chi connectivity index (χ1n) is 12.2. The van der Waals surface area contributed by atoms with E-state index < -0.39 is 0 Å². The van der Waals surface area contributed by atoms with Crippen LogP contribution in [0.5, 0.6) is 5.75 Å². The molecule has 0 saturated carbocycles. The van der Waals surface area contributed by atoms with Crippen LogP contribution >= 0.6 is 0 Å². The summed E-state index contributed by atoms with van der Waals surface area (Å²) in [6.45, 7) is 10.2. The predicted octanol–water partition coefficient (Wildman–Crippen LogP) is 2.76. The number of hydrogen-bond acceptors (Lipinski definition) is 7. The van der Waals surface area contributed by atoms with Crippen LogP contribution in [-0.4, -0.2) is 92.3 Å². The number of likely N-dealkylation sites (tertiary alicyclic amines) is 1. The number of carbonyl (C=O) groups excluding carboxylic acids is 1. The lowest BCUT2D eigenvalue weighted by Crippen LogP contribution is -2.48. The van der Waals surface area contributed by atoms with Crippen molar-refractivity contribution in [2.24, 2.45) is 0 Å². The van der Waals surface area contributed by atoms with Crippen LogP contribution < -0.4 is 9.64 Å². The lowest BCUT2D eigenvalue weighted by Gasteiger charge is -2.40. The number of rotatable bonds is 7. The Morgan fingerprint density at radius 1 is 1.18 bits per heavy atom. The van der Waals surface area contributed by atoms with Gasteiger partial charge in [-0.25, -0.2) is 9.97 Å². The number of amides is 1. The van der Waals surface area contributed by atoms with E-state index in [1.807, 2.05) is 61.2 Å². The Bertz CT molecular complexity index is 992. The molecule has 2 fully saturated rings. The Morgan fingerprint density at radius 3 is 2.71 bits per heavy atom. The SMILES string of the molecule is Cc1cc(N(C)C)nc([C@@]2(C)CCCN(C(=O)c3ccccc3OCCN3CCOCC3)C2)n1. The molecule has 3 heterocycles. The standard InChI is InChI=1S/C26H37N5O3/c1-20-18-23(29(3)4)28-25(27-20)26(2)10-7-11-31(19-26)24(32)21-8-5-6-9-22(21)34-17-14-30-12-15-33-16-13-30/h5-6,8-9,18H,7,10-17,19H2,1-4H3/t26-/m0/s1. The van der Waals surface area contributed by atoms with Gasteiger partial charge in [0, 0.05) is 64.0 Å². The zero-order valence-corrected chi connectivity index (χ0v) is 20.9. The number of hydrogen-bond donors (Lipinski definition) is 0. The molecule has 2 saturated heterocycles. The Hall–Kier alpha value is -2.71. The molecule has 1 aromatic heterocycles. The maximum absolute atomic E-state index is 13.6. The molecule has 34 heavy (non-hydrogen) atoms. The van der Waals surface area contributed by atoms with E-state index in [1.54, 1.807) is 0 Å². The monoisotopic (exact) mass is 467 g/mol. The molecule has 0 radical (unpaired) electrons. The molecule has 1 atom stereocenters. The molecule has 2 aliphatic heterocycles. The van der Waals surface area contributed by atoms with Crippen molar-refractivity contribution in [2.75, 3.05) is 71.5 Å². The average Bonchev–Trinajstić information content (AvgIpc) is 2.84. The van der Waals surface area contributed by atoms with Crippen LogP contribution in [0, 0.1) is 6.92 Å². The van der Waals surface area contributed by atoms with Gasteiger partial charge in [-0.3, -0.25) is 9.69 Å². The van der Waals surface area contributed by atoms with Gasteiger partial charge < -0.3 is 19.3 Å². The Balaban J connectivity index is 1.47. The number of anilines is 1. The first-order valence-corrected chi connectivity index (χ1v) is 12.2. The summed E-state index contributed by atoms with van der Waals surface area (Å²) < 4.78 is 11.5. The molecule has 0 N–H and O–H groups in total. The van der Waals surface area contributed by atoms with Gasteiger partial charge >= 0.3 is 0 Å². The van der Waals surface area contributed by atoms with Crippen molar-refractivity contribution in [1.82, 2.24) is 19.8 Å². The molecule has 184 valence electrons. The summed E-state index contributed by atoms with van der Waals surface area (Å²) in [5, 5.41) is 0. The fourth-order valence-corrected chi connectivity index (χ4v) is 4.70. The number of para-hydroxylation sites is 1. The lowest BCUT2D eigenvalue weighted by molar-refractivity contribution is 0.0321. The number of aryl methyl sites for hydroxylation is 1. The topological polar surface area (TPSA) is 71.0 Å². The van der Waals surface area contributed by atoms with Gasteiger partial charge in [-0.15, -0.1) is 0 Å². The largest absolute Gasteiger partial charge is 0.491 e. The van der Waals surface area contributed by atoms with Gasteiger partial charge in [0.25, 0.3) is 5.91 Å². The highest BCUT2D eigenvalue weighted by atomic mass is 16.5. The van der Waals surface area contributed by atoms with Crippen molar-refractivity contribution < 1.29 is 14.3 Å². The summed E-state index contributed by atoms with van der Waals surface area (Å²) in [5.41, 5.74) is 1.27. The Morgan fingerprint density at radius 2 is 1.94 bits per heavy atom. The molecule has 2 aromatic rings. The van der Waals surface area contributed by atoms with Gasteiger partial charge in [-0.1, -0.05) is 19.1 Å². The van der Waals surface area contributed by atoms with Crippen LogP contribution in [0.2, 0.25) is 0 Å². The molecular weight excluding hydrogens is 430 g/mol. The quantitative estimate of drug-likeness (QED) is 0.620. The van der Waals surface area contributed by atoms with Crippen LogP contribution in [0.3, 0.4) is 0 Å². The van der Waals surface area contributed by atoms with Crippen LogP contribution in [0.4, 0.5) is 5.82 Å². The van der Waals surface area contributed by atoms with E-state index >= 15 is 0 Å². The number of morpholine rings is 1. The third-order valence-electron chi connectivity index (χ3n) is 6.71. The van der Waals surface area contributed by atoms with Gasteiger partial charge in [0.05, 0.1) is 18.8 Å². The lowest BCUT2D eigenvalue weighted by atomic mass is 9.80. The zero-order chi connectivity index (χ0) is 24.1. The Kier molecular flexibility index (Phi) is 7.68. The fourth-order valence-electron chi connectivity index (χ4n) is 4.70. The number of aromatic nitrogens is 2. The molecule has 4 rings (SSSR count). The summed E-state index contributed by atoms with van der Waals surface area (Å²) in [6, 6.07) is 9.57. The van der Waals surface area contributed by atoms with Crippen LogP contribution in [0.15, 0.2) is 30.3 Å². The second-order valence-electron chi connectivity index (χ2n) is 9.78. The summed E-state index contributed by atoms with van der Waals surface area (Å²) in [7, 11) is 3.97. The number of ether oxygens (including phenoxy) is 2. The highest BCUT2D eigenvalue weighted by molar-refractivity contribution is 5.97. The van der Waals surface area contributed by atoms with Crippen molar-refractivity contribution in [2.45, 2.75) is 32.1 Å². The zero-order valence-electron chi connectivity index (χ0n) is 20.9. The van der Waals surface area contributed by atoms with Crippen molar-refractivity contribution in [3.63, 3.8) is 0 Å². The maximum Gasteiger partial charge on any atom is 0.257 e. The normalized spacial score (nSPS) is 21.4. The molecule has 0 bridgehead atoms. The predicted molar refractivity (Wildman–Crippen MR) is 133 cm³/mol. The third-order valence-corrected chi connectivity index (χ3v) is 6.71. The number of piperidine rings is 1.